The predicted octanol–water partition coefficient (Wildman–Crippen LogP) is 2.03. The molecule has 0 unspecified atom stereocenters. The second-order valence-corrected chi connectivity index (χ2v) is 4.44. The van der Waals surface area contributed by atoms with Crippen molar-refractivity contribution in [3.05, 3.63) is 48.0 Å². The Kier molecular flexibility index (Phi) is 5.11. The first-order valence-corrected chi connectivity index (χ1v) is 5.85. The van der Waals surface area contributed by atoms with E-state index >= 15 is 0 Å². The third-order valence-electron chi connectivity index (χ3n) is 2.50. The summed E-state index contributed by atoms with van der Waals surface area (Å²) in [6.07, 6.45) is 0. The first-order chi connectivity index (χ1) is 8.91. The molecule has 102 valence electrons. The summed E-state index contributed by atoms with van der Waals surface area (Å²) in [5.41, 5.74) is 1.36. The van der Waals surface area contributed by atoms with Crippen molar-refractivity contribution in [1.82, 2.24) is 10.2 Å². The third kappa shape index (κ3) is 4.46. The van der Waals surface area contributed by atoms with Gasteiger partial charge in [-0.15, -0.1) is 0 Å². The zero-order valence-corrected chi connectivity index (χ0v) is 11.1. The van der Waals surface area contributed by atoms with E-state index < -0.39 is 18.0 Å². The van der Waals surface area contributed by atoms with Gasteiger partial charge in [0.05, 0.1) is 0 Å². The van der Waals surface area contributed by atoms with E-state index in [-0.39, 0.29) is 0 Å². The highest BCUT2D eigenvalue weighted by Crippen LogP contribution is 2.13. The van der Waals surface area contributed by atoms with Crippen molar-refractivity contribution in [1.29, 1.82) is 0 Å². The molecule has 5 heteroatoms. The lowest BCUT2D eigenvalue weighted by atomic mass is 10.1. The molecule has 0 aliphatic rings. The van der Waals surface area contributed by atoms with Gasteiger partial charge < -0.3 is 15.3 Å². The number of amides is 2. The minimum atomic E-state index is -1.09. The Morgan fingerprint density at radius 1 is 1.37 bits per heavy atom. The van der Waals surface area contributed by atoms with Crippen molar-refractivity contribution in [3.63, 3.8) is 0 Å². The highest BCUT2D eigenvalue weighted by atomic mass is 16.4. The smallest absolute Gasteiger partial charge is 0.330 e. The molecule has 2 amide bonds. The SMILES string of the molecule is C=C(C)CN(C)C(=O)N[C@H](C(=O)O)c1ccccc1. The number of carbonyl (C=O) groups excluding carboxylic acids is 1. The number of hydrogen-bond acceptors (Lipinski definition) is 2. The molecule has 0 aromatic heterocycles. The van der Waals surface area contributed by atoms with Gasteiger partial charge in [-0.05, 0) is 12.5 Å². The molecule has 5 nitrogen and oxygen atoms in total. The van der Waals surface area contributed by atoms with Crippen LogP contribution in [0.15, 0.2) is 42.5 Å². The number of benzene rings is 1. The van der Waals surface area contributed by atoms with Gasteiger partial charge in [0.1, 0.15) is 0 Å². The number of carboxylic acids is 1. The number of carbonyl (C=O) groups is 2. The number of urea groups is 1. The first kappa shape index (κ1) is 14.8. The third-order valence-corrected chi connectivity index (χ3v) is 2.50. The summed E-state index contributed by atoms with van der Waals surface area (Å²) in [7, 11) is 1.59. The van der Waals surface area contributed by atoms with E-state index in [1.807, 2.05) is 0 Å². The Balaban J connectivity index is 2.78. The summed E-state index contributed by atoms with van der Waals surface area (Å²) in [5, 5.41) is 11.7. The second-order valence-electron chi connectivity index (χ2n) is 4.44. The second kappa shape index (κ2) is 6.58. The summed E-state index contributed by atoms with van der Waals surface area (Å²) in [6, 6.07) is 7.08. The summed E-state index contributed by atoms with van der Waals surface area (Å²) in [5.74, 6) is -1.09. The van der Waals surface area contributed by atoms with Gasteiger partial charge in [-0.3, -0.25) is 0 Å². The topological polar surface area (TPSA) is 69.6 Å². The van der Waals surface area contributed by atoms with Crippen LogP contribution in [0.2, 0.25) is 0 Å². The predicted molar refractivity (Wildman–Crippen MR) is 72.8 cm³/mol. The van der Waals surface area contributed by atoms with Crippen molar-refractivity contribution >= 4 is 12.0 Å². The average Bonchev–Trinajstić information content (AvgIpc) is 2.35. The molecule has 0 saturated heterocycles. The van der Waals surface area contributed by atoms with Crippen molar-refractivity contribution in [2.75, 3.05) is 13.6 Å². The van der Waals surface area contributed by atoms with Crippen LogP contribution in [0.5, 0.6) is 0 Å². The number of rotatable bonds is 5. The van der Waals surface area contributed by atoms with Gasteiger partial charge in [-0.1, -0.05) is 42.5 Å². The maximum Gasteiger partial charge on any atom is 0.330 e. The largest absolute Gasteiger partial charge is 0.479 e. The van der Waals surface area contributed by atoms with Crippen molar-refractivity contribution < 1.29 is 14.7 Å². The molecule has 19 heavy (non-hydrogen) atoms. The monoisotopic (exact) mass is 262 g/mol. The lowest BCUT2D eigenvalue weighted by Gasteiger charge is -2.21. The summed E-state index contributed by atoms with van der Waals surface area (Å²) in [4.78, 5) is 24.5. The van der Waals surface area contributed by atoms with Gasteiger partial charge in [0.2, 0.25) is 0 Å². The minimum Gasteiger partial charge on any atom is -0.479 e. The molecule has 0 spiro atoms. The van der Waals surface area contributed by atoms with E-state index in [0.29, 0.717) is 12.1 Å². The fourth-order valence-corrected chi connectivity index (χ4v) is 1.64. The van der Waals surface area contributed by atoms with Crippen LogP contribution in [0.25, 0.3) is 0 Å². The fraction of sp³-hybridized carbons (Fsp3) is 0.286. The zero-order chi connectivity index (χ0) is 14.4. The van der Waals surface area contributed by atoms with Crippen molar-refractivity contribution in [2.24, 2.45) is 0 Å². The van der Waals surface area contributed by atoms with Crippen LogP contribution in [0.1, 0.15) is 18.5 Å². The van der Waals surface area contributed by atoms with E-state index in [9.17, 15) is 14.7 Å². The Morgan fingerprint density at radius 3 is 2.42 bits per heavy atom. The lowest BCUT2D eigenvalue weighted by Crippen LogP contribution is -2.42. The molecule has 0 aliphatic heterocycles. The van der Waals surface area contributed by atoms with Crippen LogP contribution in [0.3, 0.4) is 0 Å². The van der Waals surface area contributed by atoms with Gasteiger partial charge >= 0.3 is 12.0 Å². The molecular weight excluding hydrogens is 244 g/mol. The number of carboxylic acid groups (broad SMARTS) is 1. The Morgan fingerprint density at radius 2 is 1.95 bits per heavy atom. The van der Waals surface area contributed by atoms with E-state index in [4.69, 9.17) is 0 Å². The van der Waals surface area contributed by atoms with E-state index in [0.717, 1.165) is 5.57 Å². The van der Waals surface area contributed by atoms with Crippen LogP contribution in [-0.4, -0.2) is 35.6 Å². The number of nitrogens with zero attached hydrogens (tertiary/aromatic N) is 1. The van der Waals surface area contributed by atoms with Gasteiger partial charge in [0.15, 0.2) is 6.04 Å². The average molecular weight is 262 g/mol. The maximum atomic E-state index is 11.9. The Bertz CT molecular complexity index is 471. The molecule has 0 aliphatic carbocycles. The van der Waals surface area contributed by atoms with Crippen LogP contribution in [0, 0.1) is 0 Å². The first-order valence-electron chi connectivity index (χ1n) is 5.85. The van der Waals surface area contributed by atoms with E-state index in [2.05, 4.69) is 11.9 Å². The molecule has 0 heterocycles. The van der Waals surface area contributed by atoms with Gasteiger partial charge in [0.25, 0.3) is 0 Å². The number of hydrogen-bond donors (Lipinski definition) is 2. The van der Waals surface area contributed by atoms with Gasteiger partial charge in [-0.2, -0.15) is 0 Å². The molecule has 0 saturated carbocycles. The molecular formula is C14H18N2O3. The molecule has 0 fully saturated rings. The van der Waals surface area contributed by atoms with Crippen molar-refractivity contribution in [3.8, 4) is 0 Å². The molecule has 1 atom stereocenters. The molecule has 0 radical (unpaired) electrons. The molecule has 2 N–H and O–H groups in total. The number of aliphatic carboxylic acids is 1. The quantitative estimate of drug-likeness (QED) is 0.798. The van der Waals surface area contributed by atoms with Gasteiger partial charge in [-0.25, -0.2) is 9.59 Å². The molecule has 1 aromatic carbocycles. The van der Waals surface area contributed by atoms with Gasteiger partial charge in [0, 0.05) is 13.6 Å². The van der Waals surface area contributed by atoms with Crippen LogP contribution < -0.4 is 5.32 Å². The Hall–Kier alpha value is -2.30. The fourth-order valence-electron chi connectivity index (χ4n) is 1.64. The van der Waals surface area contributed by atoms with E-state index in [1.165, 1.54) is 4.90 Å². The normalized spacial score (nSPS) is 11.5. The highest BCUT2D eigenvalue weighted by Gasteiger charge is 2.23. The minimum absolute atomic E-state index is 0.382. The Labute approximate surface area is 112 Å². The highest BCUT2D eigenvalue weighted by molar-refractivity contribution is 5.83. The zero-order valence-electron chi connectivity index (χ0n) is 11.1. The van der Waals surface area contributed by atoms with Crippen LogP contribution in [-0.2, 0) is 4.79 Å². The summed E-state index contributed by atoms with van der Waals surface area (Å²) < 4.78 is 0. The van der Waals surface area contributed by atoms with Crippen molar-refractivity contribution in [2.45, 2.75) is 13.0 Å². The standard InChI is InChI=1S/C14H18N2O3/c1-10(2)9-16(3)14(19)15-12(13(17)18)11-7-5-4-6-8-11/h4-8,12H,1,9H2,2-3H3,(H,15,19)(H,17,18)/t12-/m0/s1. The summed E-state index contributed by atoms with van der Waals surface area (Å²) >= 11 is 0. The van der Waals surface area contributed by atoms with Crippen LogP contribution >= 0.6 is 0 Å². The molecule has 0 bridgehead atoms. The number of nitrogens with one attached hydrogen (secondary N) is 1. The number of likely N-dealkylation sites (N-methyl/N-ethyl adjacent to an activating group) is 1. The molecule has 1 aromatic rings. The molecule has 1 rings (SSSR count). The maximum absolute atomic E-state index is 11.9. The van der Waals surface area contributed by atoms with E-state index in [1.54, 1.807) is 44.3 Å². The van der Waals surface area contributed by atoms with Crippen LogP contribution in [0.4, 0.5) is 4.79 Å². The summed E-state index contributed by atoms with van der Waals surface area (Å²) in [6.45, 7) is 5.90. The lowest BCUT2D eigenvalue weighted by molar-refractivity contribution is -0.139.